The Morgan fingerprint density at radius 3 is 2.00 bits per heavy atom. The molecule has 0 bridgehead atoms. The van der Waals surface area contributed by atoms with Crippen LogP contribution in [0, 0.1) is 6.92 Å². The zero-order valence-electron chi connectivity index (χ0n) is 21.6. The van der Waals surface area contributed by atoms with Crippen LogP contribution in [0.2, 0.25) is 0 Å². The third-order valence-corrected chi connectivity index (χ3v) is 9.02. The van der Waals surface area contributed by atoms with Gasteiger partial charge >= 0.3 is 0 Å². The van der Waals surface area contributed by atoms with Crippen molar-refractivity contribution < 1.29 is 0 Å². The van der Waals surface area contributed by atoms with Crippen molar-refractivity contribution in [3.05, 3.63) is 139 Å². The number of rotatable bonds is 3. The molecule has 39 heavy (non-hydrogen) atoms. The van der Waals surface area contributed by atoms with E-state index in [1.165, 1.54) is 75.1 Å². The zero-order valence-corrected chi connectivity index (χ0v) is 22.4. The summed E-state index contributed by atoms with van der Waals surface area (Å²) in [6.07, 6.45) is 0. The molecule has 1 heterocycles. The van der Waals surface area contributed by atoms with Crippen molar-refractivity contribution in [1.29, 1.82) is 0 Å². The highest BCUT2D eigenvalue weighted by Crippen LogP contribution is 2.45. The molecule has 0 unspecified atom stereocenters. The van der Waals surface area contributed by atoms with Crippen LogP contribution in [-0.4, -0.2) is 0 Å². The molecule has 0 aliphatic rings. The van der Waals surface area contributed by atoms with Crippen molar-refractivity contribution in [2.75, 3.05) is 4.90 Å². The maximum absolute atomic E-state index is 2.45. The van der Waals surface area contributed by atoms with Crippen molar-refractivity contribution in [2.45, 2.75) is 6.92 Å². The highest BCUT2D eigenvalue weighted by atomic mass is 32.1. The summed E-state index contributed by atoms with van der Waals surface area (Å²) in [5.74, 6) is 0. The minimum atomic E-state index is 1.17. The van der Waals surface area contributed by atoms with Gasteiger partial charge in [-0.3, -0.25) is 0 Å². The Morgan fingerprint density at radius 1 is 0.436 bits per heavy atom. The average molecular weight is 516 g/mol. The molecule has 8 rings (SSSR count). The lowest BCUT2D eigenvalue weighted by molar-refractivity contribution is 1.29. The van der Waals surface area contributed by atoms with Crippen LogP contribution in [0.15, 0.2) is 133 Å². The summed E-state index contributed by atoms with van der Waals surface area (Å²) < 4.78 is 2.65. The van der Waals surface area contributed by atoms with Crippen LogP contribution >= 0.6 is 11.3 Å². The summed E-state index contributed by atoms with van der Waals surface area (Å²) in [5, 5.41) is 10.3. The van der Waals surface area contributed by atoms with E-state index in [0.717, 1.165) is 0 Å². The Labute approximate surface area is 231 Å². The largest absolute Gasteiger partial charge is 0.310 e. The fourth-order valence-electron chi connectivity index (χ4n) is 6.07. The van der Waals surface area contributed by atoms with Gasteiger partial charge in [0.25, 0.3) is 0 Å². The maximum atomic E-state index is 2.45. The lowest BCUT2D eigenvalue weighted by atomic mass is 9.95. The van der Waals surface area contributed by atoms with E-state index >= 15 is 0 Å². The number of anilines is 3. The van der Waals surface area contributed by atoms with Crippen LogP contribution in [0.1, 0.15) is 5.56 Å². The van der Waals surface area contributed by atoms with Crippen LogP contribution in [0.5, 0.6) is 0 Å². The molecule has 0 fully saturated rings. The first-order valence-corrected chi connectivity index (χ1v) is 14.2. The van der Waals surface area contributed by atoms with E-state index in [0.29, 0.717) is 0 Å². The third kappa shape index (κ3) is 3.53. The van der Waals surface area contributed by atoms with Gasteiger partial charge in [-0.2, -0.15) is 0 Å². The molecule has 0 atom stereocenters. The molecule has 0 spiro atoms. The van der Waals surface area contributed by atoms with E-state index in [1.807, 2.05) is 11.3 Å². The fourth-order valence-corrected chi connectivity index (χ4v) is 7.16. The predicted molar refractivity (Wildman–Crippen MR) is 171 cm³/mol. The summed E-state index contributed by atoms with van der Waals surface area (Å²) in [4.78, 5) is 2.45. The van der Waals surface area contributed by atoms with Gasteiger partial charge < -0.3 is 4.90 Å². The lowest BCUT2D eigenvalue weighted by Gasteiger charge is -2.28. The molecule has 0 radical (unpaired) electrons. The Kier molecular flexibility index (Phi) is 4.98. The second-order valence-corrected chi connectivity index (χ2v) is 11.4. The van der Waals surface area contributed by atoms with Gasteiger partial charge in [0, 0.05) is 36.9 Å². The standard InChI is InChI=1S/C37H25NS/c1-24-9-8-11-26(21-24)38(27-18-20-37-34(22-27)32-15-6-7-16-36(32)39-37)35-23-33-28-12-3-2-10-25(28)17-19-30(33)29-13-4-5-14-31(29)35/h2-23H,1H3. The van der Waals surface area contributed by atoms with Gasteiger partial charge in [0.05, 0.1) is 5.69 Å². The molecule has 1 nitrogen and oxygen atoms in total. The number of hydrogen-bond acceptors (Lipinski definition) is 2. The number of thiophene rings is 1. The highest BCUT2D eigenvalue weighted by Gasteiger charge is 2.19. The molecular weight excluding hydrogens is 490 g/mol. The molecule has 1 aromatic heterocycles. The van der Waals surface area contributed by atoms with E-state index in [4.69, 9.17) is 0 Å². The van der Waals surface area contributed by atoms with Crippen LogP contribution in [0.3, 0.4) is 0 Å². The maximum Gasteiger partial charge on any atom is 0.0546 e. The Hall–Kier alpha value is -4.66. The van der Waals surface area contributed by atoms with Gasteiger partial charge in [0.2, 0.25) is 0 Å². The fraction of sp³-hybridized carbons (Fsp3) is 0.0270. The molecule has 0 amide bonds. The van der Waals surface area contributed by atoms with Crippen LogP contribution in [-0.2, 0) is 0 Å². The van der Waals surface area contributed by atoms with E-state index in [-0.39, 0.29) is 0 Å². The van der Waals surface area contributed by atoms with E-state index in [1.54, 1.807) is 0 Å². The number of fused-ring (bicyclic) bond motifs is 8. The predicted octanol–water partition coefficient (Wildman–Crippen LogP) is 11.3. The van der Waals surface area contributed by atoms with Gasteiger partial charge in [0.15, 0.2) is 0 Å². The van der Waals surface area contributed by atoms with Crippen molar-refractivity contribution >= 4 is 80.9 Å². The minimum absolute atomic E-state index is 1.17. The first-order valence-electron chi connectivity index (χ1n) is 13.4. The molecule has 7 aromatic carbocycles. The molecule has 184 valence electrons. The quantitative estimate of drug-likeness (QED) is 0.212. The van der Waals surface area contributed by atoms with Gasteiger partial charge in [-0.15, -0.1) is 11.3 Å². The van der Waals surface area contributed by atoms with Crippen LogP contribution in [0.25, 0.3) is 52.5 Å². The SMILES string of the molecule is Cc1cccc(N(c2ccc3sc4ccccc4c3c2)c2cc3c4ccccc4ccc3c3ccccc23)c1. The van der Waals surface area contributed by atoms with Gasteiger partial charge in [-0.25, -0.2) is 0 Å². The topological polar surface area (TPSA) is 3.24 Å². The summed E-state index contributed by atoms with van der Waals surface area (Å²) in [6.45, 7) is 2.17. The summed E-state index contributed by atoms with van der Waals surface area (Å²) >= 11 is 1.86. The van der Waals surface area contributed by atoms with Gasteiger partial charge in [-0.1, -0.05) is 91.0 Å². The average Bonchev–Trinajstić information content (AvgIpc) is 3.35. The molecule has 8 aromatic rings. The molecular formula is C37H25NS. The molecule has 0 saturated heterocycles. The summed E-state index contributed by atoms with van der Waals surface area (Å²) in [7, 11) is 0. The third-order valence-electron chi connectivity index (χ3n) is 7.86. The van der Waals surface area contributed by atoms with Crippen LogP contribution in [0.4, 0.5) is 17.1 Å². The van der Waals surface area contributed by atoms with Crippen molar-refractivity contribution in [1.82, 2.24) is 0 Å². The number of hydrogen-bond donors (Lipinski definition) is 0. The minimum Gasteiger partial charge on any atom is -0.310 e. The number of aryl methyl sites for hydroxylation is 1. The Bertz CT molecular complexity index is 2200. The number of nitrogens with zero attached hydrogens (tertiary/aromatic N) is 1. The molecule has 0 aliphatic heterocycles. The first-order chi connectivity index (χ1) is 19.2. The normalized spacial score (nSPS) is 11.7. The van der Waals surface area contributed by atoms with Gasteiger partial charge in [0.1, 0.15) is 0 Å². The lowest BCUT2D eigenvalue weighted by Crippen LogP contribution is -2.10. The van der Waals surface area contributed by atoms with E-state index in [9.17, 15) is 0 Å². The van der Waals surface area contributed by atoms with Crippen molar-refractivity contribution in [2.24, 2.45) is 0 Å². The highest BCUT2D eigenvalue weighted by molar-refractivity contribution is 7.25. The van der Waals surface area contributed by atoms with Crippen molar-refractivity contribution in [3.63, 3.8) is 0 Å². The molecule has 0 aliphatic carbocycles. The van der Waals surface area contributed by atoms with Crippen molar-refractivity contribution in [3.8, 4) is 0 Å². The first kappa shape index (κ1) is 22.3. The smallest absolute Gasteiger partial charge is 0.0546 e. The summed E-state index contributed by atoms with van der Waals surface area (Å²) in [6, 6.07) is 49.0. The van der Waals surface area contributed by atoms with Gasteiger partial charge in [-0.05, 0) is 81.9 Å². The summed E-state index contributed by atoms with van der Waals surface area (Å²) in [5.41, 5.74) is 4.77. The number of benzene rings is 7. The Balaban J connectivity index is 1.49. The molecule has 0 saturated carbocycles. The Morgan fingerprint density at radius 2 is 1.13 bits per heavy atom. The monoisotopic (exact) mass is 515 g/mol. The molecule has 2 heteroatoms. The molecule has 0 N–H and O–H groups in total. The van der Waals surface area contributed by atoms with E-state index < -0.39 is 0 Å². The second kappa shape index (κ2) is 8.69. The second-order valence-electron chi connectivity index (χ2n) is 10.3. The van der Waals surface area contributed by atoms with E-state index in [2.05, 4.69) is 145 Å². The van der Waals surface area contributed by atoms with Crippen LogP contribution < -0.4 is 4.90 Å². The zero-order chi connectivity index (χ0) is 25.9.